The second kappa shape index (κ2) is 21.2. The van der Waals surface area contributed by atoms with Gasteiger partial charge in [0, 0.05) is 41.8 Å². The van der Waals surface area contributed by atoms with E-state index in [1.807, 2.05) is 78.9 Å². The van der Waals surface area contributed by atoms with Crippen molar-refractivity contribution in [1.82, 2.24) is 15.3 Å². The number of hydrogen-bond acceptors (Lipinski definition) is 7. The number of amides is 1. The molecule has 1 atom stereocenters. The molecule has 0 fully saturated rings. The molecule has 0 spiro atoms. The number of carbonyl (C=O) groups excluding carboxylic acids is 2. The molecule has 0 aliphatic carbocycles. The van der Waals surface area contributed by atoms with Gasteiger partial charge in [0.1, 0.15) is 5.82 Å². The Labute approximate surface area is 323 Å². The summed E-state index contributed by atoms with van der Waals surface area (Å²) in [5, 5.41) is 16.3. The van der Waals surface area contributed by atoms with Gasteiger partial charge in [-0.3, -0.25) is 4.79 Å². The lowest BCUT2D eigenvalue weighted by Crippen LogP contribution is -2.21. The second-order valence-corrected chi connectivity index (χ2v) is 13.7. The third-order valence-electron chi connectivity index (χ3n) is 9.48. The molecule has 1 unspecified atom stereocenters. The number of H-pyrrole nitrogens is 1. The summed E-state index contributed by atoms with van der Waals surface area (Å²) in [7, 11) is 0. The Bertz CT molecular complexity index is 1940. The first-order valence-corrected chi connectivity index (χ1v) is 19.5. The second-order valence-electron chi connectivity index (χ2n) is 13.7. The number of carbonyl (C=O) groups is 3. The van der Waals surface area contributed by atoms with Crippen LogP contribution in [0.5, 0.6) is 0 Å². The Kier molecular flexibility index (Phi) is 15.6. The van der Waals surface area contributed by atoms with E-state index >= 15 is 0 Å². The van der Waals surface area contributed by atoms with E-state index in [4.69, 9.17) is 14.6 Å². The molecule has 288 valence electrons. The average molecular weight is 745 g/mol. The van der Waals surface area contributed by atoms with E-state index in [0.717, 1.165) is 57.6 Å². The van der Waals surface area contributed by atoms with Crippen molar-refractivity contribution in [2.45, 2.75) is 90.6 Å². The minimum Gasteiger partial charge on any atom is -0.478 e. The number of esters is 1. The Balaban J connectivity index is 1.25. The van der Waals surface area contributed by atoms with E-state index in [9.17, 15) is 19.5 Å². The third kappa shape index (κ3) is 12.4. The average Bonchev–Trinajstić information content (AvgIpc) is 3.88. The first-order valence-electron chi connectivity index (χ1n) is 19.5. The van der Waals surface area contributed by atoms with Gasteiger partial charge in [-0.2, -0.15) is 0 Å². The Hall–Kier alpha value is -5.77. The van der Waals surface area contributed by atoms with E-state index in [1.54, 1.807) is 19.1 Å². The highest BCUT2D eigenvalue weighted by Gasteiger charge is 2.28. The largest absolute Gasteiger partial charge is 0.478 e. The predicted octanol–water partition coefficient (Wildman–Crippen LogP) is 9.61. The van der Waals surface area contributed by atoms with Crippen LogP contribution in [0.25, 0.3) is 46.1 Å². The van der Waals surface area contributed by atoms with Crippen molar-refractivity contribution in [3.05, 3.63) is 102 Å². The molecule has 0 radical (unpaired) electrons. The van der Waals surface area contributed by atoms with Gasteiger partial charge in [0.2, 0.25) is 12.0 Å². The first-order chi connectivity index (χ1) is 26.8. The van der Waals surface area contributed by atoms with Crippen LogP contribution in [0, 0.1) is 0 Å². The highest BCUT2D eigenvalue weighted by Crippen LogP contribution is 2.34. The maximum absolute atomic E-state index is 12.5. The van der Waals surface area contributed by atoms with Crippen molar-refractivity contribution in [3.8, 4) is 33.9 Å². The van der Waals surface area contributed by atoms with Gasteiger partial charge in [-0.1, -0.05) is 143 Å². The predicted molar refractivity (Wildman–Crippen MR) is 218 cm³/mol. The Morgan fingerprint density at radius 3 is 1.93 bits per heavy atom. The number of aromatic nitrogens is 2. The van der Waals surface area contributed by atoms with Crippen LogP contribution in [0.4, 0.5) is 0 Å². The van der Waals surface area contributed by atoms with Crippen LogP contribution in [0.1, 0.15) is 101 Å². The standard InChI is InChI=1S/C45H52N4O6/c1-3-5-6-7-8-9-10-11-12-13-30-46-40(50)28-18-32-14-20-35(21-15-32)42-43(36-26-24-34(25-27-36)38-31-39(45(52)53)55-49-38)48-44(47-42)37-22-16-33(17-23-37)19-29-41(51)54-4-2/h14-29,39H,3-13,30-31H2,1-2H3,(H,46,50)(H,47,48)(H,52,53). The lowest BCUT2D eigenvalue weighted by atomic mass is 10.00. The van der Waals surface area contributed by atoms with Gasteiger partial charge in [0.25, 0.3) is 0 Å². The molecule has 4 aromatic rings. The molecular weight excluding hydrogens is 693 g/mol. The fourth-order valence-electron chi connectivity index (χ4n) is 6.35. The molecule has 3 N–H and O–H groups in total. The zero-order valence-electron chi connectivity index (χ0n) is 31.9. The molecule has 5 rings (SSSR count). The number of hydrogen-bond donors (Lipinski definition) is 3. The van der Waals surface area contributed by atoms with Crippen molar-refractivity contribution < 1.29 is 29.1 Å². The number of carboxylic acids is 1. The summed E-state index contributed by atoms with van der Waals surface area (Å²) in [5.74, 6) is -0.871. The van der Waals surface area contributed by atoms with E-state index in [2.05, 4.69) is 22.4 Å². The molecule has 0 saturated carbocycles. The molecule has 1 amide bonds. The van der Waals surface area contributed by atoms with Crippen LogP contribution < -0.4 is 5.32 Å². The van der Waals surface area contributed by atoms with Crippen LogP contribution >= 0.6 is 0 Å². The van der Waals surface area contributed by atoms with Gasteiger partial charge in [0.15, 0.2) is 0 Å². The molecule has 2 heterocycles. The highest BCUT2D eigenvalue weighted by molar-refractivity contribution is 6.03. The van der Waals surface area contributed by atoms with Gasteiger partial charge < -0.3 is 25.0 Å². The molecule has 10 heteroatoms. The molecule has 0 bridgehead atoms. The van der Waals surface area contributed by atoms with Gasteiger partial charge in [-0.15, -0.1) is 0 Å². The van der Waals surface area contributed by atoms with Crippen molar-refractivity contribution in [1.29, 1.82) is 0 Å². The zero-order valence-corrected chi connectivity index (χ0v) is 31.9. The summed E-state index contributed by atoms with van der Waals surface area (Å²) >= 11 is 0. The van der Waals surface area contributed by atoms with Crippen molar-refractivity contribution in [3.63, 3.8) is 0 Å². The molecular formula is C45H52N4O6. The Morgan fingerprint density at radius 1 is 0.764 bits per heavy atom. The fourth-order valence-corrected chi connectivity index (χ4v) is 6.35. The number of nitrogens with one attached hydrogen (secondary N) is 2. The molecule has 3 aromatic carbocycles. The zero-order chi connectivity index (χ0) is 38.8. The molecule has 55 heavy (non-hydrogen) atoms. The van der Waals surface area contributed by atoms with Crippen LogP contribution in [0.15, 0.2) is 90.1 Å². The fraction of sp³-hybridized carbons (Fsp3) is 0.356. The highest BCUT2D eigenvalue weighted by atomic mass is 16.7. The van der Waals surface area contributed by atoms with Crippen LogP contribution in [-0.2, 0) is 24.0 Å². The smallest absolute Gasteiger partial charge is 0.348 e. The SMILES string of the molecule is CCCCCCCCCCCCNC(=O)C=Cc1ccc(-c2[nH]c(-c3ccc(C=CC(=O)OCC)cc3)nc2-c2ccc(C3=NOC(C(=O)O)C3)cc2)cc1. The van der Waals surface area contributed by atoms with E-state index in [1.165, 1.54) is 57.4 Å². The minimum atomic E-state index is -1.04. The number of aromatic amines is 1. The molecule has 0 saturated heterocycles. The summed E-state index contributed by atoms with van der Waals surface area (Å²) in [6.07, 6.45) is 18.3. The number of unbranched alkanes of at least 4 members (excludes halogenated alkanes) is 9. The molecule has 1 aromatic heterocycles. The van der Waals surface area contributed by atoms with Crippen LogP contribution in [0.3, 0.4) is 0 Å². The number of benzene rings is 3. The van der Waals surface area contributed by atoms with Gasteiger partial charge in [0.05, 0.1) is 23.7 Å². The topological polar surface area (TPSA) is 143 Å². The quantitative estimate of drug-likeness (QED) is 0.0438. The summed E-state index contributed by atoms with van der Waals surface area (Å²) in [6.45, 7) is 5.01. The summed E-state index contributed by atoms with van der Waals surface area (Å²) in [6, 6.07) is 23.3. The lowest BCUT2D eigenvalue weighted by molar-refractivity contribution is -0.148. The number of aliphatic carboxylic acids is 1. The first kappa shape index (κ1) is 40.4. The number of nitrogens with zero attached hydrogens (tertiary/aromatic N) is 2. The van der Waals surface area contributed by atoms with Crippen molar-refractivity contribution in [2.75, 3.05) is 13.2 Å². The van der Waals surface area contributed by atoms with Crippen LogP contribution in [-0.4, -0.2) is 57.9 Å². The number of carboxylic acid groups (broad SMARTS) is 1. The van der Waals surface area contributed by atoms with E-state index < -0.39 is 18.0 Å². The monoisotopic (exact) mass is 744 g/mol. The number of oxime groups is 1. The minimum absolute atomic E-state index is 0.0973. The summed E-state index contributed by atoms with van der Waals surface area (Å²) < 4.78 is 4.98. The van der Waals surface area contributed by atoms with Crippen molar-refractivity contribution in [2.24, 2.45) is 5.16 Å². The molecule has 1 aliphatic rings. The van der Waals surface area contributed by atoms with Gasteiger partial charge in [-0.25, -0.2) is 14.6 Å². The molecule has 1 aliphatic heterocycles. The van der Waals surface area contributed by atoms with E-state index in [0.29, 0.717) is 24.7 Å². The third-order valence-corrected chi connectivity index (χ3v) is 9.48. The summed E-state index contributed by atoms with van der Waals surface area (Å²) in [4.78, 5) is 49.2. The van der Waals surface area contributed by atoms with Crippen molar-refractivity contribution >= 4 is 35.7 Å². The lowest BCUT2D eigenvalue weighted by Gasteiger charge is -2.06. The van der Waals surface area contributed by atoms with E-state index in [-0.39, 0.29) is 12.3 Å². The molecule has 10 nitrogen and oxygen atoms in total. The maximum atomic E-state index is 12.5. The number of rotatable bonds is 21. The number of ether oxygens (including phenoxy) is 1. The van der Waals surface area contributed by atoms with Gasteiger partial charge >= 0.3 is 11.9 Å². The summed E-state index contributed by atoms with van der Waals surface area (Å²) in [5.41, 5.74) is 7.27. The van der Waals surface area contributed by atoms with Crippen LogP contribution in [0.2, 0.25) is 0 Å². The number of imidazole rings is 1. The maximum Gasteiger partial charge on any atom is 0.348 e. The Morgan fingerprint density at radius 2 is 1.33 bits per heavy atom. The van der Waals surface area contributed by atoms with Gasteiger partial charge in [-0.05, 0) is 42.2 Å². The normalized spacial score (nSPS) is 13.9.